The van der Waals surface area contributed by atoms with Crippen molar-refractivity contribution in [3.63, 3.8) is 0 Å². The van der Waals surface area contributed by atoms with Gasteiger partial charge in [0.2, 0.25) is 15.9 Å². The number of nitrogens with one attached hydrogen (secondary N) is 1. The summed E-state index contributed by atoms with van der Waals surface area (Å²) < 4.78 is 27.3. The molecule has 26 heavy (non-hydrogen) atoms. The second-order valence-corrected chi connectivity index (χ2v) is 8.81. The average Bonchev–Trinajstić information content (AvgIpc) is 3.30. The molecule has 1 fully saturated rings. The monoisotopic (exact) mass is 371 g/mol. The zero-order valence-corrected chi connectivity index (χ0v) is 15.5. The van der Waals surface area contributed by atoms with Crippen LogP contribution in [0.15, 0.2) is 36.5 Å². The van der Waals surface area contributed by atoms with Gasteiger partial charge < -0.3 is 9.67 Å². The zero-order valence-electron chi connectivity index (χ0n) is 14.7. The van der Waals surface area contributed by atoms with Crippen LogP contribution in [0.5, 0.6) is 5.88 Å². The molecule has 1 aliphatic carbocycles. The van der Waals surface area contributed by atoms with Crippen LogP contribution in [0, 0.1) is 12.8 Å². The summed E-state index contributed by atoms with van der Waals surface area (Å²) in [6.45, 7) is 2.72. The number of rotatable bonds is 5. The molecule has 2 N–H and O–H groups in total. The van der Waals surface area contributed by atoms with Crippen molar-refractivity contribution in [2.45, 2.75) is 26.3 Å². The van der Waals surface area contributed by atoms with Crippen LogP contribution in [-0.2, 0) is 16.6 Å². The van der Waals surface area contributed by atoms with Gasteiger partial charge in [0.25, 0.3) is 0 Å². The Balaban J connectivity index is 1.76. The van der Waals surface area contributed by atoms with Crippen molar-refractivity contribution in [1.29, 1.82) is 0 Å². The van der Waals surface area contributed by atoms with Crippen LogP contribution < -0.4 is 4.72 Å². The lowest BCUT2D eigenvalue weighted by Crippen LogP contribution is -2.09. The summed E-state index contributed by atoms with van der Waals surface area (Å²) in [6, 6.07) is 9.08. The van der Waals surface area contributed by atoms with E-state index in [2.05, 4.69) is 9.71 Å². The van der Waals surface area contributed by atoms with Crippen LogP contribution in [0.1, 0.15) is 18.5 Å². The Morgan fingerprint density at radius 3 is 2.77 bits per heavy atom. The van der Waals surface area contributed by atoms with E-state index in [9.17, 15) is 13.5 Å². The van der Waals surface area contributed by atoms with E-state index in [-0.39, 0.29) is 5.88 Å². The Kier molecular flexibility index (Phi) is 3.91. The van der Waals surface area contributed by atoms with Crippen LogP contribution in [0.25, 0.3) is 22.0 Å². The van der Waals surface area contributed by atoms with E-state index in [1.165, 1.54) is 12.8 Å². The van der Waals surface area contributed by atoms with Gasteiger partial charge in [0.1, 0.15) is 0 Å². The number of benzene rings is 1. The molecule has 136 valence electrons. The van der Waals surface area contributed by atoms with Crippen molar-refractivity contribution in [2.75, 3.05) is 11.0 Å². The molecule has 1 aromatic carbocycles. The van der Waals surface area contributed by atoms with Crippen molar-refractivity contribution in [1.82, 2.24) is 9.55 Å². The van der Waals surface area contributed by atoms with E-state index in [1.807, 2.05) is 29.8 Å². The highest BCUT2D eigenvalue weighted by atomic mass is 32.2. The SMILES string of the molecule is Cc1nc(-c2cccc(NS(C)(=O)=O)c2)cc2cn(CC3CC3)c(O)c12. The Morgan fingerprint density at radius 1 is 1.31 bits per heavy atom. The maximum absolute atomic E-state index is 11.5. The van der Waals surface area contributed by atoms with Crippen molar-refractivity contribution in [3.05, 3.63) is 42.2 Å². The molecule has 3 aromatic rings. The Bertz CT molecular complexity index is 1100. The third kappa shape index (κ3) is 3.39. The first-order chi connectivity index (χ1) is 12.3. The molecule has 0 radical (unpaired) electrons. The minimum atomic E-state index is -3.33. The fourth-order valence-electron chi connectivity index (χ4n) is 3.28. The van der Waals surface area contributed by atoms with Crippen molar-refractivity contribution >= 4 is 26.5 Å². The largest absolute Gasteiger partial charge is 0.494 e. The number of fused-ring (bicyclic) bond motifs is 1. The average molecular weight is 371 g/mol. The highest BCUT2D eigenvalue weighted by Gasteiger charge is 2.24. The van der Waals surface area contributed by atoms with Gasteiger partial charge in [-0.3, -0.25) is 9.71 Å². The standard InChI is InChI=1S/C19H21N3O3S/c1-12-18-15(11-22(19(18)23)10-13-6-7-13)9-17(20-12)14-4-3-5-16(8-14)21-26(2,24)25/h3-5,8-9,11,13,21,23H,6-7,10H2,1-2H3. The lowest BCUT2D eigenvalue weighted by atomic mass is 10.1. The molecule has 1 aliphatic rings. The van der Waals surface area contributed by atoms with Crippen molar-refractivity contribution < 1.29 is 13.5 Å². The maximum Gasteiger partial charge on any atom is 0.229 e. The Hall–Kier alpha value is -2.54. The molecule has 0 saturated heterocycles. The van der Waals surface area contributed by atoms with Crippen LogP contribution in [0.2, 0.25) is 0 Å². The summed E-state index contributed by atoms with van der Waals surface area (Å²) in [4.78, 5) is 4.63. The van der Waals surface area contributed by atoms with E-state index in [0.717, 1.165) is 40.5 Å². The summed E-state index contributed by atoms with van der Waals surface area (Å²) >= 11 is 0. The van der Waals surface area contributed by atoms with E-state index >= 15 is 0 Å². The smallest absolute Gasteiger partial charge is 0.229 e. The molecule has 0 aliphatic heterocycles. The molecule has 1 saturated carbocycles. The first-order valence-electron chi connectivity index (χ1n) is 8.58. The molecular formula is C19H21N3O3S. The summed E-state index contributed by atoms with van der Waals surface area (Å²) in [5.41, 5.74) is 2.82. The second kappa shape index (κ2) is 6.02. The van der Waals surface area contributed by atoms with E-state index < -0.39 is 10.0 Å². The van der Waals surface area contributed by atoms with Crippen LogP contribution in [0.4, 0.5) is 5.69 Å². The number of hydrogen-bond acceptors (Lipinski definition) is 4. The fraction of sp³-hybridized carbons (Fsp3) is 0.316. The number of anilines is 1. The van der Waals surface area contributed by atoms with Crippen LogP contribution in [0.3, 0.4) is 0 Å². The number of sulfonamides is 1. The van der Waals surface area contributed by atoms with Gasteiger partial charge in [0, 0.05) is 29.4 Å². The predicted molar refractivity (Wildman–Crippen MR) is 103 cm³/mol. The highest BCUT2D eigenvalue weighted by molar-refractivity contribution is 7.92. The third-order valence-electron chi connectivity index (χ3n) is 4.63. The molecule has 2 heterocycles. The Morgan fingerprint density at radius 2 is 2.08 bits per heavy atom. The van der Waals surface area contributed by atoms with Crippen LogP contribution in [-0.4, -0.2) is 29.3 Å². The first-order valence-corrected chi connectivity index (χ1v) is 10.5. The van der Waals surface area contributed by atoms with Gasteiger partial charge in [-0.15, -0.1) is 0 Å². The van der Waals surface area contributed by atoms with Gasteiger partial charge >= 0.3 is 0 Å². The molecule has 6 nitrogen and oxygen atoms in total. The van der Waals surface area contributed by atoms with Gasteiger partial charge in [-0.2, -0.15) is 0 Å². The number of aromatic hydroxyl groups is 1. The number of aromatic nitrogens is 2. The molecule has 0 spiro atoms. The zero-order chi connectivity index (χ0) is 18.5. The third-order valence-corrected chi connectivity index (χ3v) is 5.24. The quantitative estimate of drug-likeness (QED) is 0.719. The Labute approximate surface area is 152 Å². The highest BCUT2D eigenvalue weighted by Crippen LogP contribution is 2.37. The molecule has 0 unspecified atom stereocenters. The van der Waals surface area contributed by atoms with Gasteiger partial charge in [0.15, 0.2) is 0 Å². The number of aryl methyl sites for hydroxylation is 1. The summed E-state index contributed by atoms with van der Waals surface area (Å²) in [7, 11) is -3.33. The van der Waals surface area contributed by atoms with Crippen LogP contribution >= 0.6 is 0 Å². The van der Waals surface area contributed by atoms with E-state index in [4.69, 9.17) is 0 Å². The number of hydrogen-bond donors (Lipinski definition) is 2. The molecule has 0 atom stereocenters. The first kappa shape index (κ1) is 16.9. The molecule has 0 bridgehead atoms. The van der Waals surface area contributed by atoms with Gasteiger partial charge in [-0.05, 0) is 43.9 Å². The molecule has 0 amide bonds. The lowest BCUT2D eigenvalue weighted by molar-refractivity contribution is 0.414. The molecule has 4 rings (SSSR count). The summed E-state index contributed by atoms with van der Waals surface area (Å²) in [5.74, 6) is 0.935. The fourth-order valence-corrected chi connectivity index (χ4v) is 3.84. The van der Waals surface area contributed by atoms with E-state index in [1.54, 1.807) is 18.2 Å². The second-order valence-electron chi connectivity index (χ2n) is 7.06. The summed E-state index contributed by atoms with van der Waals surface area (Å²) in [6.07, 6.45) is 5.53. The van der Waals surface area contributed by atoms with Gasteiger partial charge in [-0.1, -0.05) is 12.1 Å². The van der Waals surface area contributed by atoms with Crippen molar-refractivity contribution in [2.24, 2.45) is 5.92 Å². The van der Waals surface area contributed by atoms with Crippen molar-refractivity contribution in [3.8, 4) is 17.1 Å². The lowest BCUT2D eigenvalue weighted by Gasteiger charge is -2.08. The molecule has 2 aromatic heterocycles. The summed E-state index contributed by atoms with van der Waals surface area (Å²) in [5, 5.41) is 12.2. The topological polar surface area (TPSA) is 84.2 Å². The maximum atomic E-state index is 11.5. The number of pyridine rings is 1. The van der Waals surface area contributed by atoms with Gasteiger partial charge in [-0.25, -0.2) is 8.42 Å². The minimum absolute atomic E-state index is 0.274. The predicted octanol–water partition coefficient (Wildman–Crippen LogP) is 3.50. The normalized spacial score (nSPS) is 14.7. The number of nitrogens with zero attached hydrogens (tertiary/aromatic N) is 2. The van der Waals surface area contributed by atoms with E-state index in [0.29, 0.717) is 11.6 Å². The van der Waals surface area contributed by atoms with Gasteiger partial charge in [0.05, 0.1) is 23.0 Å². The molecule has 7 heteroatoms. The molecular weight excluding hydrogens is 350 g/mol. The minimum Gasteiger partial charge on any atom is -0.494 e.